The van der Waals surface area contributed by atoms with Crippen molar-refractivity contribution < 1.29 is 4.74 Å². The van der Waals surface area contributed by atoms with Crippen molar-refractivity contribution in [3.63, 3.8) is 0 Å². The summed E-state index contributed by atoms with van der Waals surface area (Å²) >= 11 is 0. The normalized spacial score (nSPS) is 12.1. The molecule has 1 atom stereocenters. The van der Waals surface area contributed by atoms with Crippen LogP contribution in [-0.2, 0) is 6.42 Å². The number of rotatable bonds is 8. The molecular weight excluding hydrogens is 260 g/mol. The Hall–Kier alpha value is -1.87. The van der Waals surface area contributed by atoms with Crippen molar-refractivity contribution in [3.05, 3.63) is 59.9 Å². The van der Waals surface area contributed by atoms with Gasteiger partial charge in [-0.3, -0.25) is 4.98 Å². The van der Waals surface area contributed by atoms with Crippen molar-refractivity contribution >= 4 is 0 Å². The molecule has 0 aliphatic rings. The molecule has 0 aliphatic heterocycles. The smallest absolute Gasteiger partial charge is 0.137 e. The maximum atomic E-state index is 5.75. The van der Waals surface area contributed by atoms with Crippen LogP contribution in [0.3, 0.4) is 0 Å². The lowest BCUT2D eigenvalue weighted by Gasteiger charge is -2.13. The van der Waals surface area contributed by atoms with E-state index in [1.54, 1.807) is 0 Å². The van der Waals surface area contributed by atoms with Crippen molar-refractivity contribution in [1.29, 1.82) is 0 Å². The number of pyridine rings is 1. The molecule has 3 nitrogen and oxygen atoms in total. The first-order valence-electron chi connectivity index (χ1n) is 7.63. The Morgan fingerprint density at radius 1 is 1.14 bits per heavy atom. The molecule has 1 unspecified atom stereocenters. The standard InChI is InChI=1S/C18H24N2O/c1-3-17(19-2)18-12-11-16(14-20-18)21-13-7-10-15-8-5-4-6-9-15/h4-6,8-9,11-12,14,17,19H,3,7,10,13H2,1-2H3. The Morgan fingerprint density at radius 2 is 1.95 bits per heavy atom. The first kappa shape index (κ1) is 15.5. The summed E-state index contributed by atoms with van der Waals surface area (Å²) in [7, 11) is 1.96. The van der Waals surface area contributed by atoms with Gasteiger partial charge >= 0.3 is 0 Å². The zero-order chi connectivity index (χ0) is 14.9. The van der Waals surface area contributed by atoms with E-state index in [-0.39, 0.29) is 0 Å². The van der Waals surface area contributed by atoms with E-state index in [4.69, 9.17) is 4.74 Å². The SMILES string of the molecule is CCC(NC)c1ccc(OCCCc2ccccc2)cn1. The van der Waals surface area contributed by atoms with Gasteiger partial charge in [-0.15, -0.1) is 0 Å². The van der Waals surface area contributed by atoms with Gasteiger partial charge in [0.05, 0.1) is 18.5 Å². The van der Waals surface area contributed by atoms with E-state index in [0.717, 1.165) is 37.3 Å². The average Bonchev–Trinajstić information content (AvgIpc) is 2.55. The monoisotopic (exact) mass is 284 g/mol. The summed E-state index contributed by atoms with van der Waals surface area (Å²) in [6.45, 7) is 2.87. The van der Waals surface area contributed by atoms with Crippen LogP contribution in [0.1, 0.15) is 37.1 Å². The predicted molar refractivity (Wildman–Crippen MR) is 86.6 cm³/mol. The van der Waals surface area contributed by atoms with Crippen LogP contribution in [0.2, 0.25) is 0 Å². The highest BCUT2D eigenvalue weighted by Crippen LogP contribution is 2.17. The number of ether oxygens (including phenoxy) is 1. The third kappa shape index (κ3) is 4.87. The molecule has 0 bridgehead atoms. The van der Waals surface area contributed by atoms with Gasteiger partial charge in [0.15, 0.2) is 0 Å². The fraction of sp³-hybridized carbons (Fsp3) is 0.389. The average molecular weight is 284 g/mol. The molecule has 0 spiro atoms. The maximum absolute atomic E-state index is 5.75. The van der Waals surface area contributed by atoms with Gasteiger partial charge in [0.2, 0.25) is 0 Å². The molecule has 0 aliphatic carbocycles. The van der Waals surface area contributed by atoms with Crippen LogP contribution < -0.4 is 10.1 Å². The van der Waals surface area contributed by atoms with Gasteiger partial charge in [-0.2, -0.15) is 0 Å². The second-order valence-corrected chi connectivity index (χ2v) is 5.11. The maximum Gasteiger partial charge on any atom is 0.137 e. The summed E-state index contributed by atoms with van der Waals surface area (Å²) in [6.07, 6.45) is 4.91. The second-order valence-electron chi connectivity index (χ2n) is 5.11. The fourth-order valence-electron chi connectivity index (χ4n) is 2.36. The topological polar surface area (TPSA) is 34.1 Å². The molecule has 1 aromatic carbocycles. The minimum atomic E-state index is 0.317. The summed E-state index contributed by atoms with van der Waals surface area (Å²) in [6, 6.07) is 14.9. The lowest BCUT2D eigenvalue weighted by molar-refractivity contribution is 0.309. The van der Waals surface area contributed by atoms with E-state index >= 15 is 0 Å². The second kappa shape index (κ2) is 8.42. The molecule has 21 heavy (non-hydrogen) atoms. The molecule has 1 N–H and O–H groups in total. The molecule has 0 radical (unpaired) electrons. The fourth-order valence-corrected chi connectivity index (χ4v) is 2.36. The minimum absolute atomic E-state index is 0.317. The number of hydrogen-bond acceptors (Lipinski definition) is 3. The van der Waals surface area contributed by atoms with Gasteiger partial charge in [0, 0.05) is 6.04 Å². The van der Waals surface area contributed by atoms with E-state index in [9.17, 15) is 0 Å². The number of aryl methyl sites for hydroxylation is 1. The lowest BCUT2D eigenvalue weighted by atomic mass is 10.1. The van der Waals surface area contributed by atoms with Gasteiger partial charge in [-0.05, 0) is 44.0 Å². The van der Waals surface area contributed by atoms with Crippen LogP contribution in [0.25, 0.3) is 0 Å². The molecule has 0 saturated heterocycles. The summed E-state index contributed by atoms with van der Waals surface area (Å²) < 4.78 is 5.75. The Kier molecular flexibility index (Phi) is 6.22. The zero-order valence-corrected chi connectivity index (χ0v) is 12.9. The van der Waals surface area contributed by atoms with E-state index in [1.807, 2.05) is 31.4 Å². The number of nitrogens with zero attached hydrogens (tertiary/aromatic N) is 1. The van der Waals surface area contributed by atoms with Crippen LogP contribution >= 0.6 is 0 Å². The first-order valence-corrected chi connectivity index (χ1v) is 7.63. The molecule has 3 heteroatoms. The number of hydrogen-bond donors (Lipinski definition) is 1. The van der Waals surface area contributed by atoms with E-state index in [0.29, 0.717) is 6.04 Å². The first-order chi connectivity index (χ1) is 10.3. The molecule has 0 amide bonds. The lowest BCUT2D eigenvalue weighted by Crippen LogP contribution is -2.16. The van der Waals surface area contributed by atoms with E-state index < -0.39 is 0 Å². The minimum Gasteiger partial charge on any atom is -0.492 e. The largest absolute Gasteiger partial charge is 0.492 e. The summed E-state index contributed by atoms with van der Waals surface area (Å²) in [5.74, 6) is 0.845. The summed E-state index contributed by atoms with van der Waals surface area (Å²) in [5, 5.41) is 3.25. The molecule has 0 fully saturated rings. The van der Waals surface area contributed by atoms with Crippen LogP contribution in [-0.4, -0.2) is 18.6 Å². The van der Waals surface area contributed by atoms with Crippen molar-refractivity contribution in [2.75, 3.05) is 13.7 Å². The van der Waals surface area contributed by atoms with Crippen molar-refractivity contribution in [1.82, 2.24) is 10.3 Å². The van der Waals surface area contributed by atoms with Gasteiger partial charge in [-0.1, -0.05) is 37.3 Å². The van der Waals surface area contributed by atoms with Crippen LogP contribution in [0.4, 0.5) is 0 Å². The van der Waals surface area contributed by atoms with Crippen LogP contribution in [0.15, 0.2) is 48.7 Å². The molecular formula is C18H24N2O. The third-order valence-electron chi connectivity index (χ3n) is 3.59. The Balaban J connectivity index is 1.76. The number of nitrogens with one attached hydrogen (secondary N) is 1. The highest BCUT2D eigenvalue weighted by atomic mass is 16.5. The van der Waals surface area contributed by atoms with Crippen molar-refractivity contribution in [3.8, 4) is 5.75 Å². The Morgan fingerprint density at radius 3 is 2.57 bits per heavy atom. The van der Waals surface area contributed by atoms with Crippen LogP contribution in [0, 0.1) is 0 Å². The molecule has 0 saturated carbocycles. The predicted octanol–water partition coefficient (Wildman–Crippen LogP) is 3.76. The van der Waals surface area contributed by atoms with Gasteiger partial charge < -0.3 is 10.1 Å². The number of benzene rings is 1. The molecule has 2 rings (SSSR count). The highest BCUT2D eigenvalue weighted by molar-refractivity contribution is 5.21. The van der Waals surface area contributed by atoms with Crippen LogP contribution in [0.5, 0.6) is 5.75 Å². The summed E-state index contributed by atoms with van der Waals surface area (Å²) in [5.41, 5.74) is 2.42. The highest BCUT2D eigenvalue weighted by Gasteiger charge is 2.07. The number of aromatic nitrogens is 1. The molecule has 1 aromatic heterocycles. The molecule has 2 aromatic rings. The summed E-state index contributed by atoms with van der Waals surface area (Å²) in [4.78, 5) is 4.47. The van der Waals surface area contributed by atoms with E-state index in [2.05, 4.69) is 41.5 Å². The van der Waals surface area contributed by atoms with Gasteiger partial charge in [-0.25, -0.2) is 0 Å². The third-order valence-corrected chi connectivity index (χ3v) is 3.59. The zero-order valence-electron chi connectivity index (χ0n) is 12.9. The molecule has 112 valence electrons. The van der Waals surface area contributed by atoms with Gasteiger partial charge in [0.25, 0.3) is 0 Å². The Bertz CT molecular complexity index is 507. The van der Waals surface area contributed by atoms with E-state index in [1.165, 1.54) is 5.56 Å². The molecule has 1 heterocycles. The quantitative estimate of drug-likeness (QED) is 0.749. The van der Waals surface area contributed by atoms with Crippen molar-refractivity contribution in [2.24, 2.45) is 0 Å². The Labute approximate surface area is 127 Å². The van der Waals surface area contributed by atoms with Gasteiger partial charge in [0.1, 0.15) is 5.75 Å². The van der Waals surface area contributed by atoms with Crippen molar-refractivity contribution in [2.45, 2.75) is 32.2 Å².